The van der Waals surface area contributed by atoms with E-state index in [-0.39, 0.29) is 0 Å². The molecule has 1 aliphatic rings. The highest BCUT2D eigenvalue weighted by atomic mass is 79.9. The van der Waals surface area contributed by atoms with Crippen LogP contribution in [0.25, 0.3) is 5.82 Å². The molecule has 0 unspecified atom stereocenters. The summed E-state index contributed by atoms with van der Waals surface area (Å²) in [5.74, 6) is 0.943. The molecule has 2 aromatic rings. The van der Waals surface area contributed by atoms with E-state index >= 15 is 0 Å². The van der Waals surface area contributed by atoms with Crippen molar-refractivity contribution in [2.45, 2.75) is 25.4 Å². The number of pyridine rings is 1. The lowest BCUT2D eigenvalue weighted by Crippen LogP contribution is -2.17. The van der Waals surface area contributed by atoms with Crippen LogP contribution in [0.15, 0.2) is 35.5 Å². The van der Waals surface area contributed by atoms with Gasteiger partial charge in [-0.15, -0.1) is 0 Å². The van der Waals surface area contributed by atoms with Crippen LogP contribution in [0.4, 0.5) is 0 Å². The minimum Gasteiger partial charge on any atom is -0.310 e. The van der Waals surface area contributed by atoms with Crippen molar-refractivity contribution in [3.05, 3.63) is 41.0 Å². The molecule has 0 radical (unpaired) electrons. The van der Waals surface area contributed by atoms with Crippen molar-refractivity contribution in [1.29, 1.82) is 0 Å². The van der Waals surface area contributed by atoms with Crippen molar-refractivity contribution in [2.24, 2.45) is 0 Å². The maximum Gasteiger partial charge on any atom is 0.142 e. The van der Waals surface area contributed by atoms with Gasteiger partial charge in [-0.3, -0.25) is 4.57 Å². The van der Waals surface area contributed by atoms with Crippen LogP contribution in [0.2, 0.25) is 0 Å². The number of rotatable bonds is 4. The summed E-state index contributed by atoms with van der Waals surface area (Å²) in [6.07, 6.45) is 9.86. The van der Waals surface area contributed by atoms with E-state index in [0.29, 0.717) is 6.04 Å². The Labute approximate surface area is 108 Å². The molecule has 0 aromatic carbocycles. The molecule has 0 saturated heterocycles. The van der Waals surface area contributed by atoms with E-state index in [4.69, 9.17) is 0 Å². The molecule has 1 aliphatic carbocycles. The van der Waals surface area contributed by atoms with E-state index in [1.165, 1.54) is 18.4 Å². The van der Waals surface area contributed by atoms with E-state index < -0.39 is 0 Å². The highest BCUT2D eigenvalue weighted by Crippen LogP contribution is 2.22. The van der Waals surface area contributed by atoms with Gasteiger partial charge in [0.05, 0.1) is 0 Å². The van der Waals surface area contributed by atoms with E-state index in [0.717, 1.165) is 16.8 Å². The Morgan fingerprint density at radius 1 is 1.47 bits per heavy atom. The third-order valence-electron chi connectivity index (χ3n) is 2.82. The van der Waals surface area contributed by atoms with E-state index in [2.05, 4.69) is 37.3 Å². The standard InChI is InChI=1S/C12H13BrN4/c13-10-5-9(6-15-11-1-2-11)12(16-7-10)17-4-3-14-8-17/h3-5,7-8,11,15H,1-2,6H2. The summed E-state index contributed by atoms with van der Waals surface area (Å²) in [6.45, 7) is 0.852. The molecule has 17 heavy (non-hydrogen) atoms. The van der Waals surface area contributed by atoms with Gasteiger partial charge >= 0.3 is 0 Å². The molecule has 1 fully saturated rings. The summed E-state index contributed by atoms with van der Waals surface area (Å²) in [5.41, 5.74) is 1.18. The molecule has 2 heterocycles. The second kappa shape index (κ2) is 4.58. The summed E-state index contributed by atoms with van der Waals surface area (Å²) in [7, 11) is 0. The Bertz CT molecular complexity index is 505. The van der Waals surface area contributed by atoms with Gasteiger partial charge in [-0.25, -0.2) is 9.97 Å². The second-order valence-electron chi connectivity index (χ2n) is 4.26. The van der Waals surface area contributed by atoms with Gasteiger partial charge in [0.1, 0.15) is 12.1 Å². The largest absolute Gasteiger partial charge is 0.310 e. The zero-order chi connectivity index (χ0) is 11.7. The predicted octanol–water partition coefficient (Wildman–Crippen LogP) is 2.28. The first-order valence-electron chi connectivity index (χ1n) is 5.69. The van der Waals surface area contributed by atoms with Gasteiger partial charge in [-0.2, -0.15) is 0 Å². The fraction of sp³-hybridized carbons (Fsp3) is 0.333. The lowest BCUT2D eigenvalue weighted by molar-refractivity contribution is 0.681. The van der Waals surface area contributed by atoms with Crippen LogP contribution >= 0.6 is 15.9 Å². The topological polar surface area (TPSA) is 42.7 Å². The van der Waals surface area contributed by atoms with Crippen molar-refractivity contribution in [3.63, 3.8) is 0 Å². The molecule has 3 rings (SSSR count). The van der Waals surface area contributed by atoms with Gasteiger partial charge < -0.3 is 5.32 Å². The van der Waals surface area contributed by atoms with Crippen LogP contribution < -0.4 is 5.32 Å². The van der Waals surface area contributed by atoms with Gasteiger partial charge in [-0.1, -0.05) is 0 Å². The fourth-order valence-electron chi connectivity index (χ4n) is 1.76. The molecule has 0 atom stereocenters. The molecule has 0 aliphatic heterocycles. The Hall–Kier alpha value is -1.20. The Kier molecular flexibility index (Phi) is 2.94. The molecule has 0 spiro atoms. The lowest BCUT2D eigenvalue weighted by atomic mass is 10.2. The third-order valence-corrected chi connectivity index (χ3v) is 3.25. The van der Waals surface area contributed by atoms with E-state index in [1.54, 1.807) is 12.5 Å². The molecule has 0 bridgehead atoms. The lowest BCUT2D eigenvalue weighted by Gasteiger charge is -2.10. The molecule has 4 nitrogen and oxygen atoms in total. The van der Waals surface area contributed by atoms with E-state index in [1.807, 2.05) is 17.0 Å². The number of nitrogens with zero attached hydrogens (tertiary/aromatic N) is 3. The first-order chi connectivity index (χ1) is 8.33. The minimum atomic E-state index is 0.699. The van der Waals surface area contributed by atoms with Gasteiger partial charge in [0.15, 0.2) is 0 Å². The van der Waals surface area contributed by atoms with Crippen LogP contribution in [0, 0.1) is 0 Å². The average molecular weight is 293 g/mol. The average Bonchev–Trinajstić information content (AvgIpc) is 3.00. The summed E-state index contributed by atoms with van der Waals surface area (Å²) in [5, 5.41) is 3.51. The van der Waals surface area contributed by atoms with Gasteiger partial charge in [0, 0.05) is 41.2 Å². The number of hydrogen-bond acceptors (Lipinski definition) is 3. The smallest absolute Gasteiger partial charge is 0.142 e. The molecule has 5 heteroatoms. The second-order valence-corrected chi connectivity index (χ2v) is 5.18. The number of aromatic nitrogens is 3. The van der Waals surface area contributed by atoms with Crippen LogP contribution in [0.1, 0.15) is 18.4 Å². The zero-order valence-corrected chi connectivity index (χ0v) is 10.9. The molecule has 1 N–H and O–H groups in total. The van der Waals surface area contributed by atoms with Gasteiger partial charge in [0.25, 0.3) is 0 Å². The van der Waals surface area contributed by atoms with Crippen LogP contribution in [0.3, 0.4) is 0 Å². The summed E-state index contributed by atoms with van der Waals surface area (Å²) >= 11 is 3.47. The van der Waals surface area contributed by atoms with Crippen molar-refractivity contribution < 1.29 is 0 Å². The monoisotopic (exact) mass is 292 g/mol. The van der Waals surface area contributed by atoms with E-state index in [9.17, 15) is 0 Å². The Morgan fingerprint density at radius 3 is 3.06 bits per heavy atom. The van der Waals surface area contributed by atoms with Crippen molar-refractivity contribution in [2.75, 3.05) is 0 Å². The normalized spacial score (nSPS) is 15.1. The van der Waals surface area contributed by atoms with Crippen LogP contribution in [-0.4, -0.2) is 20.6 Å². The highest BCUT2D eigenvalue weighted by Gasteiger charge is 2.20. The first-order valence-corrected chi connectivity index (χ1v) is 6.48. The van der Waals surface area contributed by atoms with Crippen molar-refractivity contribution in [1.82, 2.24) is 19.9 Å². The predicted molar refractivity (Wildman–Crippen MR) is 68.9 cm³/mol. The fourth-order valence-corrected chi connectivity index (χ4v) is 2.14. The summed E-state index contributed by atoms with van der Waals surface area (Å²) < 4.78 is 2.95. The van der Waals surface area contributed by atoms with Crippen molar-refractivity contribution in [3.8, 4) is 5.82 Å². The molecular weight excluding hydrogens is 280 g/mol. The Balaban J connectivity index is 1.89. The summed E-state index contributed by atoms with van der Waals surface area (Å²) in [4.78, 5) is 8.52. The Morgan fingerprint density at radius 2 is 2.35 bits per heavy atom. The molecule has 88 valence electrons. The number of imidazole rings is 1. The quantitative estimate of drug-likeness (QED) is 0.940. The van der Waals surface area contributed by atoms with Crippen LogP contribution in [0.5, 0.6) is 0 Å². The summed E-state index contributed by atoms with van der Waals surface area (Å²) in [6, 6.07) is 2.81. The zero-order valence-electron chi connectivity index (χ0n) is 9.31. The van der Waals surface area contributed by atoms with Gasteiger partial charge in [0.2, 0.25) is 0 Å². The first kappa shape index (κ1) is 10.9. The van der Waals surface area contributed by atoms with Crippen LogP contribution in [-0.2, 0) is 6.54 Å². The van der Waals surface area contributed by atoms with Gasteiger partial charge in [-0.05, 0) is 34.8 Å². The SMILES string of the molecule is Brc1cnc(-n2ccnc2)c(CNC2CC2)c1. The third kappa shape index (κ3) is 2.56. The highest BCUT2D eigenvalue weighted by molar-refractivity contribution is 9.10. The number of nitrogens with one attached hydrogen (secondary N) is 1. The van der Waals surface area contributed by atoms with Crippen molar-refractivity contribution >= 4 is 15.9 Å². The molecule has 2 aromatic heterocycles. The number of halogens is 1. The number of hydrogen-bond donors (Lipinski definition) is 1. The minimum absolute atomic E-state index is 0.699. The molecule has 1 saturated carbocycles. The maximum absolute atomic E-state index is 4.46. The molecule has 0 amide bonds. The molecular formula is C12H13BrN4. The maximum atomic E-state index is 4.46.